The predicted octanol–water partition coefficient (Wildman–Crippen LogP) is 6.41. The number of hydrogen-bond donors (Lipinski definition) is 0. The van der Waals surface area contributed by atoms with E-state index in [9.17, 15) is 0 Å². The van der Waals surface area contributed by atoms with E-state index in [-0.39, 0.29) is 0 Å². The molecule has 2 aliphatic rings. The van der Waals surface area contributed by atoms with Gasteiger partial charge in [0.25, 0.3) is 0 Å². The summed E-state index contributed by atoms with van der Waals surface area (Å²) in [5, 5.41) is 2.44. The highest BCUT2D eigenvalue weighted by Gasteiger charge is 2.36. The second kappa shape index (κ2) is 6.35. The third-order valence-electron chi connectivity index (χ3n) is 6.50. The third kappa shape index (κ3) is 2.60. The lowest BCUT2D eigenvalue weighted by Gasteiger charge is -2.34. The number of furan rings is 1. The first-order valence-corrected chi connectivity index (χ1v) is 10.3. The lowest BCUT2D eigenvalue weighted by Crippen LogP contribution is -2.37. The normalized spacial score (nSPS) is 22.1. The van der Waals surface area contributed by atoms with Gasteiger partial charge in [-0.25, -0.2) is 0 Å². The van der Waals surface area contributed by atoms with Crippen molar-refractivity contribution in [1.29, 1.82) is 0 Å². The van der Waals surface area contributed by atoms with Crippen molar-refractivity contribution in [3.05, 3.63) is 90.0 Å². The Kier molecular flexibility index (Phi) is 3.66. The highest BCUT2D eigenvalue weighted by Crippen LogP contribution is 2.40. The second-order valence-corrected chi connectivity index (χ2v) is 8.16. The maximum Gasteiger partial charge on any atom is 0.135 e. The molecule has 0 N–H and O–H groups in total. The Labute approximate surface area is 165 Å². The molecule has 0 aliphatic carbocycles. The number of fused-ring (bicyclic) bond motifs is 5. The van der Waals surface area contributed by atoms with Gasteiger partial charge in [0.15, 0.2) is 0 Å². The van der Waals surface area contributed by atoms with Gasteiger partial charge in [-0.15, -0.1) is 0 Å². The van der Waals surface area contributed by atoms with Crippen molar-refractivity contribution in [2.75, 3.05) is 0 Å². The zero-order chi connectivity index (χ0) is 18.5. The summed E-state index contributed by atoms with van der Waals surface area (Å²) in [6.07, 6.45) is 6.24. The Balaban J connectivity index is 1.35. The summed E-state index contributed by atoms with van der Waals surface area (Å²) in [5.74, 6) is 0. The van der Waals surface area contributed by atoms with Crippen LogP contribution in [0.1, 0.15) is 30.4 Å². The van der Waals surface area contributed by atoms with Crippen molar-refractivity contribution in [3.63, 3.8) is 0 Å². The van der Waals surface area contributed by atoms with Gasteiger partial charge < -0.3 is 4.42 Å². The number of benzene rings is 3. The number of para-hydroxylation sites is 1. The number of rotatable bonds is 3. The topological polar surface area (TPSA) is 16.4 Å². The fourth-order valence-corrected chi connectivity index (χ4v) is 5.10. The first kappa shape index (κ1) is 16.1. The summed E-state index contributed by atoms with van der Waals surface area (Å²) in [6, 6.07) is 27.1. The van der Waals surface area contributed by atoms with Crippen LogP contribution in [0.25, 0.3) is 27.5 Å². The maximum atomic E-state index is 6.01. The molecule has 0 radical (unpaired) electrons. The average Bonchev–Trinajstić information content (AvgIpc) is 3.21. The Hall–Kier alpha value is -2.84. The first-order valence-electron chi connectivity index (χ1n) is 10.3. The van der Waals surface area contributed by atoms with Crippen LogP contribution in [0.5, 0.6) is 0 Å². The molecule has 0 amide bonds. The lowest BCUT2D eigenvalue weighted by molar-refractivity contribution is 0.203. The van der Waals surface area contributed by atoms with Gasteiger partial charge in [-0.2, -0.15) is 0 Å². The molecule has 2 nitrogen and oxygen atoms in total. The Morgan fingerprint density at radius 3 is 2.54 bits per heavy atom. The third-order valence-corrected chi connectivity index (χ3v) is 6.50. The quantitative estimate of drug-likeness (QED) is 0.417. The maximum absolute atomic E-state index is 6.01. The van der Waals surface area contributed by atoms with Crippen LogP contribution in [0.2, 0.25) is 0 Å². The van der Waals surface area contributed by atoms with Gasteiger partial charge in [-0.3, -0.25) is 4.90 Å². The van der Waals surface area contributed by atoms with E-state index in [2.05, 4.69) is 77.7 Å². The van der Waals surface area contributed by atoms with Crippen molar-refractivity contribution in [1.82, 2.24) is 4.90 Å². The fourth-order valence-electron chi connectivity index (χ4n) is 5.10. The molecular weight excluding hydrogens is 342 g/mol. The van der Waals surface area contributed by atoms with Crippen LogP contribution in [0.15, 0.2) is 83.3 Å². The van der Waals surface area contributed by atoms with Crippen molar-refractivity contribution in [3.8, 4) is 0 Å². The molecule has 138 valence electrons. The Morgan fingerprint density at radius 1 is 0.821 bits per heavy atom. The minimum absolute atomic E-state index is 0.561. The van der Waals surface area contributed by atoms with E-state index in [1.807, 2.05) is 6.07 Å². The van der Waals surface area contributed by atoms with Gasteiger partial charge in [0.05, 0.1) is 0 Å². The van der Waals surface area contributed by atoms with Gasteiger partial charge in [0.1, 0.15) is 11.2 Å². The minimum atomic E-state index is 0.561. The summed E-state index contributed by atoms with van der Waals surface area (Å²) in [4.78, 5) is 2.70. The van der Waals surface area contributed by atoms with Crippen molar-refractivity contribution in [2.24, 2.45) is 0 Å². The van der Waals surface area contributed by atoms with E-state index in [0.717, 1.165) is 24.1 Å². The van der Waals surface area contributed by atoms with E-state index in [4.69, 9.17) is 4.42 Å². The number of nitrogens with zero attached hydrogens (tertiary/aromatic N) is 1. The molecule has 1 fully saturated rings. The summed E-state index contributed by atoms with van der Waals surface area (Å²) in [6.45, 7) is 1.06. The molecule has 2 heteroatoms. The highest BCUT2D eigenvalue weighted by atomic mass is 16.3. The molecule has 28 heavy (non-hydrogen) atoms. The predicted molar refractivity (Wildman–Crippen MR) is 115 cm³/mol. The molecule has 2 atom stereocenters. The van der Waals surface area contributed by atoms with Gasteiger partial charge in [-0.05, 0) is 54.2 Å². The zero-order valence-corrected chi connectivity index (χ0v) is 15.8. The highest BCUT2D eigenvalue weighted by molar-refractivity contribution is 6.05. The fraction of sp³-hybridized carbons (Fsp3) is 0.231. The molecule has 3 heterocycles. The van der Waals surface area contributed by atoms with E-state index in [0.29, 0.717) is 12.1 Å². The van der Waals surface area contributed by atoms with Crippen molar-refractivity contribution >= 4 is 27.5 Å². The van der Waals surface area contributed by atoms with Crippen LogP contribution < -0.4 is 0 Å². The SMILES string of the molecule is C1=C(c2ccc3oc4ccccc4c3c2)CC2CCC1N2Cc1ccccc1. The average molecular weight is 365 g/mol. The molecule has 2 bridgehead atoms. The number of hydrogen-bond acceptors (Lipinski definition) is 2. The molecule has 2 unspecified atom stereocenters. The van der Waals surface area contributed by atoms with Crippen LogP contribution in [0.3, 0.4) is 0 Å². The molecular formula is C26H23NO. The second-order valence-electron chi connectivity index (χ2n) is 8.16. The Bertz CT molecular complexity index is 1190. The minimum Gasteiger partial charge on any atom is -0.456 e. The van der Waals surface area contributed by atoms with Crippen LogP contribution in [-0.2, 0) is 6.54 Å². The van der Waals surface area contributed by atoms with Crippen LogP contribution >= 0.6 is 0 Å². The molecule has 1 aromatic heterocycles. The molecule has 2 aliphatic heterocycles. The zero-order valence-electron chi connectivity index (χ0n) is 15.8. The lowest BCUT2D eigenvalue weighted by atomic mass is 9.93. The van der Waals surface area contributed by atoms with Crippen LogP contribution in [0.4, 0.5) is 0 Å². The monoisotopic (exact) mass is 365 g/mol. The molecule has 0 spiro atoms. The van der Waals surface area contributed by atoms with Gasteiger partial charge in [-0.1, -0.05) is 60.7 Å². The summed E-state index contributed by atoms with van der Waals surface area (Å²) in [7, 11) is 0. The summed E-state index contributed by atoms with van der Waals surface area (Å²) >= 11 is 0. The summed E-state index contributed by atoms with van der Waals surface area (Å²) < 4.78 is 6.01. The van der Waals surface area contributed by atoms with Gasteiger partial charge in [0, 0.05) is 29.4 Å². The molecule has 0 saturated carbocycles. The Morgan fingerprint density at radius 2 is 1.64 bits per heavy atom. The van der Waals surface area contributed by atoms with Gasteiger partial charge in [0.2, 0.25) is 0 Å². The molecule has 3 aromatic carbocycles. The first-order chi connectivity index (χ1) is 13.8. The smallest absolute Gasteiger partial charge is 0.135 e. The van der Waals surface area contributed by atoms with Gasteiger partial charge >= 0.3 is 0 Å². The van der Waals surface area contributed by atoms with E-state index >= 15 is 0 Å². The van der Waals surface area contributed by atoms with E-state index in [1.54, 1.807) is 0 Å². The van der Waals surface area contributed by atoms with E-state index in [1.165, 1.54) is 40.3 Å². The summed E-state index contributed by atoms with van der Waals surface area (Å²) in [5.41, 5.74) is 6.23. The van der Waals surface area contributed by atoms with E-state index < -0.39 is 0 Å². The standard InChI is InChI=1S/C26H23NO/c1-2-6-18(7-3-1)17-27-21-11-12-22(27)15-20(14-21)19-10-13-26-24(16-19)23-8-4-5-9-25(23)28-26/h1-10,13-14,16,21-22H,11-12,15,17H2. The molecule has 1 saturated heterocycles. The molecule has 4 aromatic rings. The molecule has 6 rings (SSSR count). The van der Waals surface area contributed by atoms with Crippen LogP contribution in [0, 0.1) is 0 Å². The van der Waals surface area contributed by atoms with Crippen molar-refractivity contribution in [2.45, 2.75) is 37.9 Å². The van der Waals surface area contributed by atoms with Crippen molar-refractivity contribution < 1.29 is 4.42 Å². The van der Waals surface area contributed by atoms with Crippen LogP contribution in [-0.4, -0.2) is 17.0 Å². The largest absolute Gasteiger partial charge is 0.456 e.